The molecule has 0 atom stereocenters. The molecule has 0 saturated carbocycles. The van der Waals surface area contributed by atoms with E-state index >= 15 is 0 Å². The molecule has 0 aromatic carbocycles. The maximum atomic E-state index is 7.76. The molecule has 4 nitrogen and oxygen atoms in total. The molecule has 1 radical (unpaired) electrons. The highest BCUT2D eigenvalue weighted by atomic mass is 17.5. The van der Waals surface area contributed by atoms with Crippen LogP contribution in [0.3, 0.4) is 0 Å². The van der Waals surface area contributed by atoms with E-state index in [9.17, 15) is 0 Å². The lowest BCUT2D eigenvalue weighted by atomic mass is 9.90. The van der Waals surface area contributed by atoms with Crippen molar-refractivity contribution in [3.05, 3.63) is 24.5 Å². The highest BCUT2D eigenvalue weighted by molar-refractivity contribution is 6.46. The predicted octanol–water partition coefficient (Wildman–Crippen LogP) is -0.253. The second-order valence-electron chi connectivity index (χ2n) is 1.57. The highest BCUT2D eigenvalue weighted by Gasteiger charge is 1.95. The van der Waals surface area contributed by atoms with Gasteiger partial charge in [-0.05, 0) is 17.6 Å². The van der Waals surface area contributed by atoms with Gasteiger partial charge in [0, 0.05) is 12.4 Å². The summed E-state index contributed by atoms with van der Waals surface area (Å²) in [5.74, 6) is 0. The molecule has 0 fully saturated rings. The third-order valence-corrected chi connectivity index (χ3v) is 0.933. The Kier molecular flexibility index (Phi) is 2.88. The van der Waals surface area contributed by atoms with Gasteiger partial charge in [-0.25, -0.2) is 5.26 Å². The molecule has 1 heterocycles. The van der Waals surface area contributed by atoms with Crippen molar-refractivity contribution in [3.63, 3.8) is 0 Å². The summed E-state index contributed by atoms with van der Waals surface area (Å²) < 4.78 is 0. The van der Waals surface area contributed by atoms with Crippen molar-refractivity contribution in [2.75, 3.05) is 0 Å². The molecule has 10 heavy (non-hydrogen) atoms. The Hall–Kier alpha value is -0.905. The maximum absolute atomic E-state index is 7.76. The van der Waals surface area contributed by atoms with Gasteiger partial charge in [-0.15, -0.1) is 0 Å². The minimum absolute atomic E-state index is 0.768. The van der Waals surface area contributed by atoms with Gasteiger partial charge < -0.3 is 0 Å². The summed E-state index contributed by atoms with van der Waals surface area (Å²) in [7, 11) is 1.25. The average molecular weight is 138 g/mol. The van der Waals surface area contributed by atoms with Gasteiger partial charge in [0.15, 0.2) is 0 Å². The molecule has 0 bridgehead atoms. The van der Waals surface area contributed by atoms with Crippen LogP contribution in [0.15, 0.2) is 24.5 Å². The SMILES string of the molecule is OOO[B]c1ccncc1. The molecule has 0 saturated heterocycles. The monoisotopic (exact) mass is 138 g/mol. The van der Waals surface area contributed by atoms with Crippen LogP contribution in [0.4, 0.5) is 0 Å². The van der Waals surface area contributed by atoms with E-state index in [1.807, 2.05) is 0 Å². The first-order valence-electron chi connectivity index (χ1n) is 2.63. The third-order valence-electron chi connectivity index (χ3n) is 0.933. The van der Waals surface area contributed by atoms with Gasteiger partial charge in [0.05, 0.1) is 0 Å². The Morgan fingerprint density at radius 2 is 2.10 bits per heavy atom. The maximum Gasteiger partial charge on any atom is 0.386 e. The Morgan fingerprint density at radius 3 is 2.70 bits per heavy atom. The molecule has 0 unspecified atom stereocenters. The molecule has 1 aromatic heterocycles. The van der Waals surface area contributed by atoms with Crippen LogP contribution in [-0.2, 0) is 9.84 Å². The van der Waals surface area contributed by atoms with Crippen LogP contribution in [-0.4, -0.2) is 17.7 Å². The number of nitrogens with zero attached hydrogens (tertiary/aromatic N) is 1. The summed E-state index contributed by atoms with van der Waals surface area (Å²) in [5.41, 5.74) is 0.768. The molecule has 1 rings (SSSR count). The predicted molar refractivity (Wildman–Crippen MR) is 34.4 cm³/mol. The number of aromatic nitrogens is 1. The smallest absolute Gasteiger partial charge is 0.275 e. The van der Waals surface area contributed by atoms with Crippen molar-refractivity contribution in [3.8, 4) is 0 Å². The number of hydrogen-bond acceptors (Lipinski definition) is 4. The first-order chi connectivity index (χ1) is 4.93. The summed E-state index contributed by atoms with van der Waals surface area (Å²) in [6, 6.07) is 3.41. The van der Waals surface area contributed by atoms with E-state index in [1.54, 1.807) is 24.5 Å². The lowest BCUT2D eigenvalue weighted by molar-refractivity contribution is -0.441. The summed E-state index contributed by atoms with van der Waals surface area (Å²) >= 11 is 0. The summed E-state index contributed by atoms with van der Waals surface area (Å²) in [6.07, 6.45) is 3.21. The Labute approximate surface area is 58.6 Å². The first kappa shape index (κ1) is 7.20. The van der Waals surface area contributed by atoms with Gasteiger partial charge in [0.1, 0.15) is 0 Å². The van der Waals surface area contributed by atoms with Crippen molar-refractivity contribution in [2.45, 2.75) is 0 Å². The van der Waals surface area contributed by atoms with Crippen molar-refractivity contribution in [1.29, 1.82) is 0 Å². The van der Waals surface area contributed by atoms with Crippen LogP contribution in [0.1, 0.15) is 0 Å². The number of rotatable bonds is 3. The number of pyridine rings is 1. The second kappa shape index (κ2) is 4.00. The van der Waals surface area contributed by atoms with E-state index in [0.29, 0.717) is 0 Å². The molecule has 0 spiro atoms. The van der Waals surface area contributed by atoms with Crippen LogP contribution in [0, 0.1) is 0 Å². The summed E-state index contributed by atoms with van der Waals surface area (Å²) in [6.45, 7) is 0. The van der Waals surface area contributed by atoms with Gasteiger partial charge in [-0.3, -0.25) is 9.79 Å². The zero-order valence-electron chi connectivity index (χ0n) is 5.10. The lowest BCUT2D eigenvalue weighted by Gasteiger charge is -1.93. The zero-order chi connectivity index (χ0) is 7.23. The van der Waals surface area contributed by atoms with E-state index in [1.165, 1.54) is 7.48 Å². The minimum Gasteiger partial charge on any atom is -0.275 e. The Bertz CT molecular complexity index is 182. The second-order valence-corrected chi connectivity index (χ2v) is 1.57. The molecular weight excluding hydrogens is 133 g/mol. The van der Waals surface area contributed by atoms with Crippen LogP contribution < -0.4 is 5.46 Å². The van der Waals surface area contributed by atoms with Gasteiger partial charge >= 0.3 is 7.48 Å². The van der Waals surface area contributed by atoms with E-state index in [-0.39, 0.29) is 0 Å². The van der Waals surface area contributed by atoms with Gasteiger partial charge in [-0.1, -0.05) is 5.04 Å². The minimum atomic E-state index is 0.768. The summed E-state index contributed by atoms with van der Waals surface area (Å²) in [4.78, 5) is 7.90. The number of hydrogen-bond donors (Lipinski definition) is 1. The van der Waals surface area contributed by atoms with Crippen molar-refractivity contribution in [1.82, 2.24) is 4.98 Å². The average Bonchev–Trinajstić information content (AvgIpc) is 2.03. The van der Waals surface area contributed by atoms with Crippen LogP contribution >= 0.6 is 0 Å². The molecule has 51 valence electrons. The summed E-state index contributed by atoms with van der Waals surface area (Å²) in [5, 5.41) is 11.1. The normalized spacial score (nSPS) is 9.30. The molecule has 0 amide bonds. The first-order valence-corrected chi connectivity index (χ1v) is 2.63. The molecule has 1 aromatic rings. The molecule has 0 aliphatic carbocycles. The molecule has 5 heteroatoms. The van der Waals surface area contributed by atoms with Gasteiger partial charge in [-0.2, -0.15) is 0 Å². The van der Waals surface area contributed by atoms with E-state index in [2.05, 4.69) is 14.8 Å². The van der Waals surface area contributed by atoms with Crippen molar-refractivity contribution >= 4 is 12.9 Å². The standard InChI is InChI=1S/C5H5BNO3/c8-10-9-6-5-1-3-7-4-2-5/h1-4,8H. The zero-order valence-corrected chi connectivity index (χ0v) is 5.10. The van der Waals surface area contributed by atoms with Crippen LogP contribution in [0.2, 0.25) is 0 Å². The molecule has 0 aliphatic heterocycles. The van der Waals surface area contributed by atoms with Crippen molar-refractivity contribution < 1.29 is 15.1 Å². The quantitative estimate of drug-likeness (QED) is 0.355. The fourth-order valence-electron chi connectivity index (χ4n) is 0.519. The largest absolute Gasteiger partial charge is 0.386 e. The topological polar surface area (TPSA) is 51.6 Å². The Balaban J connectivity index is 2.43. The lowest BCUT2D eigenvalue weighted by Crippen LogP contribution is -2.16. The fraction of sp³-hybridized carbons (Fsp3) is 0. The van der Waals surface area contributed by atoms with Gasteiger partial charge in [0.2, 0.25) is 0 Å². The molecule has 1 N–H and O–H groups in total. The van der Waals surface area contributed by atoms with Crippen LogP contribution in [0.25, 0.3) is 0 Å². The highest BCUT2D eigenvalue weighted by Crippen LogP contribution is 1.76. The van der Waals surface area contributed by atoms with Crippen LogP contribution in [0.5, 0.6) is 0 Å². The van der Waals surface area contributed by atoms with E-state index in [4.69, 9.17) is 5.26 Å². The Morgan fingerprint density at radius 1 is 1.40 bits per heavy atom. The molecule has 0 aliphatic rings. The fourth-order valence-corrected chi connectivity index (χ4v) is 0.519. The van der Waals surface area contributed by atoms with E-state index in [0.717, 1.165) is 5.46 Å². The molecular formula is C5H5BNO3. The van der Waals surface area contributed by atoms with E-state index < -0.39 is 0 Å². The van der Waals surface area contributed by atoms with Crippen molar-refractivity contribution in [2.24, 2.45) is 0 Å². The third kappa shape index (κ3) is 2.14. The van der Waals surface area contributed by atoms with Gasteiger partial charge in [0.25, 0.3) is 0 Å².